The largest absolute Gasteiger partial charge is 0.481 e. The summed E-state index contributed by atoms with van der Waals surface area (Å²) < 4.78 is 10.1. The van der Waals surface area contributed by atoms with Crippen LogP contribution in [0.4, 0.5) is 0 Å². The van der Waals surface area contributed by atoms with Crippen LogP contribution in [0.1, 0.15) is 144 Å². The van der Waals surface area contributed by atoms with Crippen molar-refractivity contribution in [3.8, 4) is 0 Å². The van der Waals surface area contributed by atoms with E-state index in [0.29, 0.717) is 12.8 Å². The van der Waals surface area contributed by atoms with Crippen LogP contribution in [0.25, 0.3) is 0 Å². The first-order valence-corrected chi connectivity index (χ1v) is 27.5. The summed E-state index contributed by atoms with van der Waals surface area (Å²) in [6.07, 6.45) is 18.7. The first kappa shape index (κ1) is 41.0. The second-order valence-electron chi connectivity index (χ2n) is 10.1. The fraction of sp³-hybridized carbons (Fsp3) is 0.933. The molecule has 0 aliphatic heterocycles. The van der Waals surface area contributed by atoms with Crippen LogP contribution in [0.2, 0.25) is 26.6 Å². The first-order valence-electron chi connectivity index (χ1n) is 15.4. The Morgan fingerprint density at radius 2 is 0.611 bits per heavy atom. The summed E-state index contributed by atoms with van der Waals surface area (Å²) in [6, 6.07) is 0. The molecule has 0 aliphatic carbocycles. The molecule has 0 heterocycles. The van der Waals surface area contributed by atoms with Crippen molar-refractivity contribution in [2.45, 2.75) is 171 Å². The molecule has 0 unspecified atom stereocenters. The number of rotatable bonds is 23. The normalized spacial score (nSPS) is 10.6. The van der Waals surface area contributed by atoms with Gasteiger partial charge in [0.15, 0.2) is 0 Å². The molecule has 4 nitrogen and oxygen atoms in total. The summed E-state index contributed by atoms with van der Waals surface area (Å²) in [5.41, 5.74) is 0. The Hall–Kier alpha value is 0.537. The zero-order valence-corrected chi connectivity index (χ0v) is 31.0. The number of unbranched alkanes of at least 4 members (excludes halogenated alkanes) is 7. The van der Waals surface area contributed by atoms with Crippen LogP contribution in [0.5, 0.6) is 0 Å². The molecule has 2 radical (unpaired) electrons. The molecule has 0 aliphatic rings. The Morgan fingerprint density at radius 3 is 0.750 bits per heavy atom. The molecule has 0 aromatic rings. The van der Waals surface area contributed by atoms with E-state index in [1.807, 2.05) is 0 Å². The van der Waals surface area contributed by atoms with Gasteiger partial charge in [0.1, 0.15) is 0 Å². The van der Waals surface area contributed by atoms with Gasteiger partial charge in [-0.1, -0.05) is 0 Å². The Morgan fingerprint density at radius 1 is 0.417 bits per heavy atom. The predicted octanol–water partition coefficient (Wildman–Crippen LogP) is 10.5. The molecule has 0 aromatic heterocycles. The average Bonchev–Trinajstić information content (AvgIpc) is 2.86. The fourth-order valence-electron chi connectivity index (χ4n) is 3.86. The fourth-order valence-corrected chi connectivity index (χ4v) is 22.8. The molecule has 0 fully saturated rings. The van der Waals surface area contributed by atoms with Crippen LogP contribution in [-0.4, -0.2) is 61.7 Å². The van der Waals surface area contributed by atoms with Crippen LogP contribution in [0, 0.1) is 0 Å². The molecular weight excluding hydrogens is 662 g/mol. The molecule has 0 aromatic carbocycles. The van der Waals surface area contributed by atoms with Gasteiger partial charge < -0.3 is 10.2 Å². The van der Waals surface area contributed by atoms with Crippen LogP contribution < -0.4 is 0 Å². The van der Waals surface area contributed by atoms with E-state index >= 15 is 0 Å². The monoisotopic (exact) mass is 728 g/mol. The number of carboxylic acids is 2. The minimum Gasteiger partial charge on any atom is -0.481 e. The molecule has 0 atom stereocenters. The topological polar surface area (TPSA) is 74.6 Å². The maximum atomic E-state index is 9.90. The zero-order valence-electron chi connectivity index (χ0n) is 25.3. The van der Waals surface area contributed by atoms with Gasteiger partial charge in [-0.3, -0.25) is 9.59 Å². The van der Waals surface area contributed by atoms with E-state index in [1.54, 1.807) is 26.6 Å². The van der Waals surface area contributed by atoms with Crippen molar-refractivity contribution in [3.63, 3.8) is 0 Å². The van der Waals surface area contributed by atoms with Crippen molar-refractivity contribution in [1.29, 1.82) is 0 Å². The summed E-state index contributed by atoms with van der Waals surface area (Å²) in [5, 5.41) is 16.3. The van der Waals surface area contributed by atoms with Gasteiger partial charge in [0.25, 0.3) is 0 Å². The van der Waals surface area contributed by atoms with Gasteiger partial charge in [-0.25, -0.2) is 0 Å². The van der Waals surface area contributed by atoms with Gasteiger partial charge in [0.05, 0.1) is 0 Å². The molecule has 36 heavy (non-hydrogen) atoms. The van der Waals surface area contributed by atoms with E-state index in [4.69, 9.17) is 10.2 Å². The molecule has 0 amide bonds. The van der Waals surface area contributed by atoms with Crippen LogP contribution in [0.15, 0.2) is 0 Å². The SMILES string of the molecule is CCC[CH2][Sn]([CH2]CCC)[CH2]CCC.CCC[CH2][Sn]([CH2]CCC)[CH2]CCC.O=C(O)CCCCC(=O)O. The maximum Gasteiger partial charge on any atom is 0.303 e. The molecule has 6 heteroatoms. The molecule has 216 valence electrons. The summed E-state index contributed by atoms with van der Waals surface area (Å²) >= 11 is -1.68. The molecule has 0 saturated carbocycles. The third-order valence-corrected chi connectivity index (χ3v) is 24.5. The van der Waals surface area contributed by atoms with Crippen molar-refractivity contribution < 1.29 is 19.8 Å². The van der Waals surface area contributed by atoms with Crippen molar-refractivity contribution >= 4 is 51.5 Å². The molecule has 0 rings (SSSR count). The molecular formula is C30H64O4Sn2. The summed E-state index contributed by atoms with van der Waals surface area (Å²) in [7, 11) is 0. The van der Waals surface area contributed by atoms with Crippen LogP contribution >= 0.6 is 0 Å². The first-order chi connectivity index (χ1) is 17.3. The number of hydrogen-bond acceptors (Lipinski definition) is 2. The summed E-state index contributed by atoms with van der Waals surface area (Å²) in [4.78, 5) is 19.8. The van der Waals surface area contributed by atoms with Crippen LogP contribution in [0.3, 0.4) is 0 Å². The third-order valence-electron chi connectivity index (χ3n) is 6.33. The van der Waals surface area contributed by atoms with E-state index < -0.39 is 51.5 Å². The molecule has 0 bridgehead atoms. The van der Waals surface area contributed by atoms with Crippen LogP contribution in [-0.2, 0) is 9.59 Å². The maximum absolute atomic E-state index is 9.90. The predicted molar refractivity (Wildman–Crippen MR) is 164 cm³/mol. The summed E-state index contributed by atoms with van der Waals surface area (Å²) in [6.45, 7) is 14.0. The molecule has 2 N–H and O–H groups in total. The van der Waals surface area contributed by atoms with Gasteiger partial charge in [-0.05, 0) is 12.8 Å². The van der Waals surface area contributed by atoms with Gasteiger partial charge in [-0.15, -0.1) is 0 Å². The van der Waals surface area contributed by atoms with Crippen molar-refractivity contribution in [2.75, 3.05) is 0 Å². The van der Waals surface area contributed by atoms with Crippen molar-refractivity contribution in [3.05, 3.63) is 0 Å². The van der Waals surface area contributed by atoms with Gasteiger partial charge in [0, 0.05) is 12.8 Å². The quantitative estimate of drug-likeness (QED) is 0.0812. The van der Waals surface area contributed by atoms with E-state index in [9.17, 15) is 9.59 Å². The minimum atomic E-state index is -0.870. The smallest absolute Gasteiger partial charge is 0.303 e. The van der Waals surface area contributed by atoms with E-state index in [-0.39, 0.29) is 12.8 Å². The number of carbonyl (C=O) groups is 2. The Labute approximate surface area is 240 Å². The average molecular weight is 726 g/mol. The third kappa shape index (κ3) is 39.1. The van der Waals surface area contributed by atoms with Gasteiger partial charge in [0.2, 0.25) is 0 Å². The zero-order chi connectivity index (χ0) is 27.9. The van der Waals surface area contributed by atoms with Crippen molar-refractivity contribution in [2.24, 2.45) is 0 Å². The molecule has 0 spiro atoms. The van der Waals surface area contributed by atoms with E-state index in [0.717, 1.165) is 0 Å². The minimum absolute atomic E-state index is 0.0628. The summed E-state index contributed by atoms with van der Waals surface area (Å²) in [5.74, 6) is -1.74. The van der Waals surface area contributed by atoms with Gasteiger partial charge >= 0.3 is 197 Å². The van der Waals surface area contributed by atoms with E-state index in [2.05, 4.69) is 41.5 Å². The standard InChI is InChI=1S/C6H10O4.6C4H9.2Sn/c7-5(8)3-1-2-4-6(9)10;6*1-3-4-2;;/h1-4H2,(H,7,8)(H,9,10);6*1,3-4H2,2H3;;. The number of aliphatic carboxylic acids is 2. The molecule has 0 saturated heterocycles. The Kier molecular flexibility index (Phi) is 40.5. The van der Waals surface area contributed by atoms with E-state index in [1.165, 1.54) is 77.0 Å². The second kappa shape index (κ2) is 35.5. The Balaban J connectivity index is -0.000000459. The van der Waals surface area contributed by atoms with Crippen molar-refractivity contribution in [1.82, 2.24) is 0 Å². The number of hydrogen-bond donors (Lipinski definition) is 2. The Bertz CT molecular complexity index is 369. The van der Waals surface area contributed by atoms with Gasteiger partial charge in [-0.2, -0.15) is 0 Å². The second-order valence-corrected chi connectivity index (χ2v) is 27.2. The number of carboxylic acid groups (broad SMARTS) is 2.